The molecule has 180 valence electrons. The number of carbonyl (C=O) groups is 2. The Bertz CT molecular complexity index is 949. The van der Waals surface area contributed by atoms with Crippen molar-refractivity contribution >= 4 is 42.4 Å². The van der Waals surface area contributed by atoms with Crippen LogP contribution < -0.4 is 15.0 Å². The fourth-order valence-electron chi connectivity index (χ4n) is 4.13. The summed E-state index contributed by atoms with van der Waals surface area (Å²) in [5.41, 5.74) is 3.43. The molecule has 2 saturated heterocycles. The molecule has 0 bridgehead atoms. The SMILES string of the molecule is CC(C)Oc1ccccc1N1CCN(Cc2cccc(CN3CC(=O)NC3=O)c2)CC1.Cl.Cl. The van der Waals surface area contributed by atoms with Gasteiger partial charge in [-0.2, -0.15) is 0 Å². The predicted molar refractivity (Wildman–Crippen MR) is 135 cm³/mol. The lowest BCUT2D eigenvalue weighted by molar-refractivity contribution is -0.118. The first-order valence-corrected chi connectivity index (χ1v) is 10.9. The second-order valence-corrected chi connectivity index (χ2v) is 8.43. The maximum Gasteiger partial charge on any atom is 0.324 e. The number of nitrogens with zero attached hydrogens (tertiary/aromatic N) is 3. The van der Waals surface area contributed by atoms with Gasteiger partial charge in [0.05, 0.1) is 11.8 Å². The van der Waals surface area contributed by atoms with Crippen LogP contribution in [0.2, 0.25) is 0 Å². The van der Waals surface area contributed by atoms with Gasteiger partial charge in [0.2, 0.25) is 5.91 Å². The zero-order valence-electron chi connectivity index (χ0n) is 19.0. The fourth-order valence-corrected chi connectivity index (χ4v) is 4.13. The molecule has 33 heavy (non-hydrogen) atoms. The third-order valence-corrected chi connectivity index (χ3v) is 5.58. The number of benzene rings is 2. The Morgan fingerprint density at radius 3 is 2.21 bits per heavy atom. The van der Waals surface area contributed by atoms with Gasteiger partial charge >= 0.3 is 6.03 Å². The van der Waals surface area contributed by atoms with E-state index in [1.54, 1.807) is 0 Å². The van der Waals surface area contributed by atoms with Gasteiger partial charge in [-0.05, 0) is 37.1 Å². The molecule has 0 aliphatic carbocycles. The van der Waals surface area contributed by atoms with Crippen molar-refractivity contribution in [1.82, 2.24) is 15.1 Å². The van der Waals surface area contributed by atoms with Crippen molar-refractivity contribution in [3.8, 4) is 5.75 Å². The van der Waals surface area contributed by atoms with E-state index in [2.05, 4.69) is 53.2 Å². The number of hydrogen-bond acceptors (Lipinski definition) is 5. The van der Waals surface area contributed by atoms with Crippen LogP contribution in [0.3, 0.4) is 0 Å². The first-order chi connectivity index (χ1) is 15.0. The van der Waals surface area contributed by atoms with Crippen molar-refractivity contribution in [2.45, 2.75) is 33.0 Å². The van der Waals surface area contributed by atoms with Gasteiger partial charge < -0.3 is 14.5 Å². The highest BCUT2D eigenvalue weighted by molar-refractivity contribution is 6.01. The summed E-state index contributed by atoms with van der Waals surface area (Å²) >= 11 is 0. The molecule has 3 amide bonds. The number of ether oxygens (including phenoxy) is 1. The summed E-state index contributed by atoms with van der Waals surface area (Å²) in [5.74, 6) is 0.711. The number of halogens is 2. The number of amides is 3. The molecule has 0 unspecified atom stereocenters. The highest BCUT2D eigenvalue weighted by atomic mass is 35.5. The summed E-state index contributed by atoms with van der Waals surface area (Å²) in [6.45, 7) is 9.42. The van der Waals surface area contributed by atoms with Crippen LogP contribution in [-0.2, 0) is 17.9 Å². The van der Waals surface area contributed by atoms with Gasteiger partial charge in [0.25, 0.3) is 0 Å². The molecule has 9 heteroatoms. The molecule has 0 saturated carbocycles. The van der Waals surface area contributed by atoms with E-state index in [9.17, 15) is 9.59 Å². The summed E-state index contributed by atoms with van der Waals surface area (Å²) in [6.07, 6.45) is 0.152. The zero-order valence-corrected chi connectivity index (χ0v) is 20.7. The summed E-state index contributed by atoms with van der Waals surface area (Å²) in [6, 6.07) is 16.2. The second kappa shape index (κ2) is 12.1. The first kappa shape index (κ1) is 26.8. The molecular formula is C24H32Cl2N4O3. The van der Waals surface area contributed by atoms with Gasteiger partial charge in [0, 0.05) is 39.3 Å². The normalized spacial score (nSPS) is 16.3. The van der Waals surface area contributed by atoms with Crippen LogP contribution in [0.15, 0.2) is 48.5 Å². The number of anilines is 1. The number of hydrogen-bond donors (Lipinski definition) is 1. The van der Waals surface area contributed by atoms with E-state index in [1.807, 2.05) is 24.3 Å². The van der Waals surface area contributed by atoms with Crippen LogP contribution in [0.25, 0.3) is 0 Å². The van der Waals surface area contributed by atoms with E-state index in [1.165, 1.54) is 10.5 Å². The third-order valence-electron chi connectivity index (χ3n) is 5.58. The Morgan fingerprint density at radius 2 is 1.58 bits per heavy atom. The minimum Gasteiger partial charge on any atom is -0.489 e. The zero-order chi connectivity index (χ0) is 21.8. The number of imide groups is 1. The third kappa shape index (κ3) is 7.00. The number of rotatable bonds is 7. The Morgan fingerprint density at radius 1 is 0.909 bits per heavy atom. The van der Waals surface area contributed by atoms with Gasteiger partial charge in [-0.15, -0.1) is 24.8 Å². The number of carbonyl (C=O) groups excluding carboxylic acids is 2. The minimum absolute atomic E-state index is 0. The van der Waals surface area contributed by atoms with E-state index < -0.39 is 0 Å². The van der Waals surface area contributed by atoms with Gasteiger partial charge in [0.15, 0.2) is 0 Å². The average Bonchev–Trinajstić information content (AvgIpc) is 3.05. The van der Waals surface area contributed by atoms with Crippen LogP contribution in [0, 0.1) is 0 Å². The van der Waals surface area contributed by atoms with Crippen molar-refractivity contribution < 1.29 is 14.3 Å². The Labute approximate surface area is 207 Å². The van der Waals surface area contributed by atoms with E-state index >= 15 is 0 Å². The molecule has 2 aliphatic heterocycles. The topological polar surface area (TPSA) is 65.1 Å². The van der Waals surface area contributed by atoms with Crippen LogP contribution in [0.4, 0.5) is 10.5 Å². The molecule has 0 radical (unpaired) electrons. The lowest BCUT2D eigenvalue weighted by Crippen LogP contribution is -2.46. The number of nitrogens with one attached hydrogen (secondary N) is 1. The summed E-state index contributed by atoms with van der Waals surface area (Å²) in [5, 5.41) is 2.33. The highest BCUT2D eigenvalue weighted by Crippen LogP contribution is 2.29. The number of piperazine rings is 1. The van der Waals surface area contributed by atoms with E-state index in [0.717, 1.165) is 49.7 Å². The van der Waals surface area contributed by atoms with Gasteiger partial charge in [0.1, 0.15) is 12.3 Å². The van der Waals surface area contributed by atoms with E-state index in [-0.39, 0.29) is 49.4 Å². The fraction of sp³-hybridized carbons (Fsp3) is 0.417. The molecule has 2 heterocycles. The van der Waals surface area contributed by atoms with Gasteiger partial charge in [-0.25, -0.2) is 4.79 Å². The molecule has 0 atom stereocenters. The second-order valence-electron chi connectivity index (χ2n) is 8.43. The number of para-hydroxylation sites is 2. The van der Waals surface area contributed by atoms with Crippen LogP contribution in [0.5, 0.6) is 5.75 Å². The van der Waals surface area contributed by atoms with Crippen LogP contribution in [-0.4, -0.2) is 60.6 Å². The molecule has 2 aromatic rings. The van der Waals surface area contributed by atoms with Crippen LogP contribution in [0.1, 0.15) is 25.0 Å². The van der Waals surface area contributed by atoms with Crippen molar-refractivity contribution in [2.24, 2.45) is 0 Å². The largest absolute Gasteiger partial charge is 0.489 e. The predicted octanol–water partition coefficient (Wildman–Crippen LogP) is 3.69. The first-order valence-electron chi connectivity index (χ1n) is 10.9. The van der Waals surface area contributed by atoms with E-state index in [4.69, 9.17) is 4.74 Å². The monoisotopic (exact) mass is 494 g/mol. The molecule has 0 aromatic heterocycles. The molecule has 0 spiro atoms. The van der Waals surface area contributed by atoms with Gasteiger partial charge in [-0.3, -0.25) is 15.0 Å². The van der Waals surface area contributed by atoms with Crippen molar-refractivity contribution in [3.05, 3.63) is 59.7 Å². The Kier molecular flexibility index (Phi) is 9.83. The lowest BCUT2D eigenvalue weighted by Gasteiger charge is -2.37. The van der Waals surface area contributed by atoms with Crippen molar-refractivity contribution in [1.29, 1.82) is 0 Å². The smallest absolute Gasteiger partial charge is 0.324 e. The standard InChI is InChI=1S/C24H30N4O3.2ClH/c1-18(2)31-22-9-4-3-8-21(22)27-12-10-26(11-13-27)15-19-6-5-7-20(14-19)16-28-17-23(29)25-24(28)30;;/h3-9,14,18H,10-13,15-17H2,1-2H3,(H,25,29,30);2*1H. The average molecular weight is 495 g/mol. The number of urea groups is 1. The minimum atomic E-state index is -0.312. The van der Waals surface area contributed by atoms with E-state index in [0.29, 0.717) is 6.54 Å². The molecular weight excluding hydrogens is 463 g/mol. The summed E-state index contributed by atoms with van der Waals surface area (Å²) in [7, 11) is 0. The van der Waals surface area contributed by atoms with Crippen molar-refractivity contribution in [2.75, 3.05) is 37.6 Å². The van der Waals surface area contributed by atoms with Crippen molar-refractivity contribution in [3.63, 3.8) is 0 Å². The molecule has 1 N–H and O–H groups in total. The molecule has 4 rings (SSSR count). The maximum atomic E-state index is 11.8. The van der Waals surface area contributed by atoms with Gasteiger partial charge in [-0.1, -0.05) is 36.4 Å². The molecule has 2 aromatic carbocycles. The lowest BCUT2D eigenvalue weighted by atomic mass is 10.1. The maximum absolute atomic E-state index is 11.8. The van der Waals surface area contributed by atoms with Crippen LogP contribution >= 0.6 is 24.8 Å². The molecule has 2 fully saturated rings. The quantitative estimate of drug-likeness (QED) is 0.594. The molecule has 7 nitrogen and oxygen atoms in total. The molecule has 2 aliphatic rings. The summed E-state index contributed by atoms with van der Waals surface area (Å²) in [4.78, 5) is 29.6. The Hall–Kier alpha value is -2.48. The highest BCUT2D eigenvalue weighted by Gasteiger charge is 2.26. The summed E-state index contributed by atoms with van der Waals surface area (Å²) < 4.78 is 5.99. The Balaban J connectivity index is 0.00000193.